The van der Waals surface area contributed by atoms with Crippen LogP contribution in [-0.4, -0.2) is 46.8 Å². The zero-order chi connectivity index (χ0) is 14.7. The maximum Gasteiger partial charge on any atom is 0.225 e. The fraction of sp³-hybridized carbons (Fsp3) is 0.733. The number of hydrogen-bond donors (Lipinski definition) is 2. The molecule has 124 valence electrons. The van der Waals surface area contributed by atoms with Gasteiger partial charge in [-0.2, -0.15) is 16.9 Å². The first-order chi connectivity index (χ1) is 10.2. The molecule has 2 aliphatic rings. The second-order valence-corrected chi connectivity index (χ2v) is 7.34. The average molecular weight is 345 g/mol. The van der Waals surface area contributed by atoms with Crippen LogP contribution in [0.1, 0.15) is 24.3 Å². The third-order valence-corrected chi connectivity index (χ3v) is 5.66. The zero-order valence-corrected chi connectivity index (χ0v) is 14.6. The summed E-state index contributed by atoms with van der Waals surface area (Å²) < 4.78 is 1.81. The lowest BCUT2D eigenvalue weighted by atomic mass is 9.90. The summed E-state index contributed by atoms with van der Waals surface area (Å²) in [6, 6.07) is 0. The SMILES string of the molecule is Cl.Cn1cc([C@H]2CNC[C@@H]2C(=O)NCC2CCSCC2)cn1. The van der Waals surface area contributed by atoms with Crippen LogP contribution in [0.3, 0.4) is 0 Å². The van der Waals surface area contributed by atoms with Crippen LogP contribution >= 0.6 is 24.2 Å². The summed E-state index contributed by atoms with van der Waals surface area (Å²) in [5.74, 6) is 3.63. The van der Waals surface area contributed by atoms with Crippen molar-refractivity contribution in [2.24, 2.45) is 18.9 Å². The molecule has 2 saturated heterocycles. The summed E-state index contributed by atoms with van der Waals surface area (Å²) in [6.45, 7) is 2.48. The number of carbonyl (C=O) groups is 1. The Balaban J connectivity index is 0.00000176. The van der Waals surface area contributed by atoms with Gasteiger partial charge in [0.1, 0.15) is 0 Å². The fourth-order valence-corrected chi connectivity index (χ4v) is 4.47. The van der Waals surface area contributed by atoms with Crippen LogP contribution in [0.25, 0.3) is 0 Å². The summed E-state index contributed by atoms with van der Waals surface area (Å²) in [6.07, 6.45) is 6.38. The lowest BCUT2D eigenvalue weighted by molar-refractivity contribution is -0.125. The molecule has 2 N–H and O–H groups in total. The number of thioether (sulfide) groups is 1. The molecule has 2 atom stereocenters. The molecule has 1 aromatic heterocycles. The van der Waals surface area contributed by atoms with Gasteiger partial charge in [0.05, 0.1) is 12.1 Å². The van der Waals surface area contributed by atoms with Crippen molar-refractivity contribution in [3.8, 4) is 0 Å². The quantitative estimate of drug-likeness (QED) is 0.867. The van der Waals surface area contributed by atoms with E-state index in [-0.39, 0.29) is 30.2 Å². The smallest absolute Gasteiger partial charge is 0.225 e. The van der Waals surface area contributed by atoms with Gasteiger partial charge in [0.15, 0.2) is 0 Å². The Labute approximate surface area is 142 Å². The second-order valence-electron chi connectivity index (χ2n) is 6.12. The van der Waals surface area contributed by atoms with Crippen molar-refractivity contribution in [3.63, 3.8) is 0 Å². The minimum atomic E-state index is 0. The molecule has 0 unspecified atom stereocenters. The Morgan fingerprint density at radius 1 is 1.45 bits per heavy atom. The molecule has 1 aromatic rings. The molecule has 5 nitrogen and oxygen atoms in total. The topological polar surface area (TPSA) is 59.0 Å². The number of aromatic nitrogens is 2. The van der Waals surface area contributed by atoms with E-state index in [2.05, 4.69) is 15.7 Å². The Morgan fingerprint density at radius 3 is 2.91 bits per heavy atom. The van der Waals surface area contributed by atoms with E-state index in [1.807, 2.05) is 35.9 Å². The van der Waals surface area contributed by atoms with E-state index in [0.29, 0.717) is 5.92 Å². The molecular weight excluding hydrogens is 320 g/mol. The van der Waals surface area contributed by atoms with Crippen LogP contribution in [-0.2, 0) is 11.8 Å². The van der Waals surface area contributed by atoms with Crippen LogP contribution in [0.5, 0.6) is 0 Å². The number of rotatable bonds is 4. The van der Waals surface area contributed by atoms with Crippen LogP contribution < -0.4 is 10.6 Å². The molecule has 0 aliphatic carbocycles. The molecule has 0 bridgehead atoms. The molecule has 3 rings (SSSR count). The number of carbonyl (C=O) groups excluding carboxylic acids is 1. The van der Waals surface area contributed by atoms with Crippen LogP contribution in [0, 0.1) is 11.8 Å². The van der Waals surface area contributed by atoms with Gasteiger partial charge in [-0.1, -0.05) is 0 Å². The van der Waals surface area contributed by atoms with Crippen molar-refractivity contribution in [1.29, 1.82) is 0 Å². The first-order valence-electron chi connectivity index (χ1n) is 7.79. The highest BCUT2D eigenvalue weighted by Crippen LogP contribution is 2.28. The number of hydrogen-bond acceptors (Lipinski definition) is 4. The fourth-order valence-electron chi connectivity index (χ4n) is 3.26. The highest BCUT2D eigenvalue weighted by Gasteiger charge is 2.34. The number of nitrogens with one attached hydrogen (secondary N) is 2. The highest BCUT2D eigenvalue weighted by molar-refractivity contribution is 7.99. The van der Waals surface area contributed by atoms with Gasteiger partial charge < -0.3 is 10.6 Å². The van der Waals surface area contributed by atoms with Gasteiger partial charge in [-0.05, 0) is 35.8 Å². The molecule has 2 aliphatic heterocycles. The Hall–Kier alpha value is -0.720. The molecule has 0 aromatic carbocycles. The minimum Gasteiger partial charge on any atom is -0.356 e. The van der Waals surface area contributed by atoms with Gasteiger partial charge in [0.25, 0.3) is 0 Å². The van der Waals surface area contributed by atoms with Crippen molar-refractivity contribution in [2.75, 3.05) is 31.1 Å². The van der Waals surface area contributed by atoms with Crippen molar-refractivity contribution >= 4 is 30.1 Å². The van der Waals surface area contributed by atoms with Crippen LogP contribution in [0.15, 0.2) is 12.4 Å². The largest absolute Gasteiger partial charge is 0.356 e. The number of halogens is 1. The minimum absolute atomic E-state index is 0. The molecule has 3 heterocycles. The van der Waals surface area contributed by atoms with E-state index in [1.54, 1.807) is 0 Å². The summed E-state index contributed by atoms with van der Waals surface area (Å²) >= 11 is 2.03. The van der Waals surface area contributed by atoms with Crippen molar-refractivity contribution < 1.29 is 4.79 Å². The van der Waals surface area contributed by atoms with Crippen molar-refractivity contribution in [2.45, 2.75) is 18.8 Å². The molecule has 7 heteroatoms. The van der Waals surface area contributed by atoms with E-state index < -0.39 is 0 Å². The molecule has 0 spiro atoms. The van der Waals surface area contributed by atoms with Gasteiger partial charge in [0.2, 0.25) is 5.91 Å². The molecule has 2 fully saturated rings. The zero-order valence-electron chi connectivity index (χ0n) is 13.0. The van der Waals surface area contributed by atoms with Crippen molar-refractivity contribution in [3.05, 3.63) is 18.0 Å². The molecular formula is C15H25ClN4OS. The van der Waals surface area contributed by atoms with E-state index in [0.717, 1.165) is 25.2 Å². The first-order valence-corrected chi connectivity index (χ1v) is 8.94. The highest BCUT2D eigenvalue weighted by atomic mass is 35.5. The summed E-state index contributed by atoms with van der Waals surface area (Å²) in [4.78, 5) is 12.5. The average Bonchev–Trinajstić information content (AvgIpc) is 3.14. The number of aryl methyl sites for hydroxylation is 1. The monoisotopic (exact) mass is 344 g/mol. The second kappa shape index (κ2) is 8.22. The summed E-state index contributed by atoms with van der Waals surface area (Å²) in [5.41, 5.74) is 1.16. The van der Waals surface area contributed by atoms with E-state index in [4.69, 9.17) is 0 Å². The van der Waals surface area contributed by atoms with Gasteiger partial charge in [-0.25, -0.2) is 0 Å². The Bertz CT molecular complexity index is 490. The summed E-state index contributed by atoms with van der Waals surface area (Å²) in [7, 11) is 1.92. The molecule has 0 saturated carbocycles. The Kier molecular flexibility index (Phi) is 6.59. The van der Waals surface area contributed by atoms with Gasteiger partial charge in [-0.15, -0.1) is 12.4 Å². The number of amides is 1. The van der Waals surface area contributed by atoms with Crippen LogP contribution in [0.2, 0.25) is 0 Å². The lowest BCUT2D eigenvalue weighted by Gasteiger charge is -2.23. The van der Waals surface area contributed by atoms with E-state index >= 15 is 0 Å². The van der Waals surface area contributed by atoms with Crippen LogP contribution in [0.4, 0.5) is 0 Å². The maximum atomic E-state index is 12.5. The van der Waals surface area contributed by atoms with Gasteiger partial charge in [-0.3, -0.25) is 9.48 Å². The van der Waals surface area contributed by atoms with Gasteiger partial charge >= 0.3 is 0 Å². The first kappa shape index (κ1) is 17.6. The van der Waals surface area contributed by atoms with Gasteiger partial charge in [0, 0.05) is 38.8 Å². The standard InChI is InChI=1S/C15H24N4OS.ClH/c1-19-10-12(7-18-19)13-8-16-9-14(13)15(20)17-6-11-2-4-21-5-3-11;/h7,10-11,13-14,16H,2-6,8-9H2,1H3,(H,17,20);1H/t13-,14+;/m1./s1. The normalized spacial score (nSPS) is 25.7. The van der Waals surface area contributed by atoms with Crippen molar-refractivity contribution in [1.82, 2.24) is 20.4 Å². The predicted molar refractivity (Wildman–Crippen MR) is 92.6 cm³/mol. The maximum absolute atomic E-state index is 12.5. The lowest BCUT2D eigenvalue weighted by Crippen LogP contribution is -2.37. The third kappa shape index (κ3) is 4.18. The molecule has 1 amide bonds. The number of nitrogens with zero attached hydrogens (tertiary/aromatic N) is 2. The van der Waals surface area contributed by atoms with E-state index in [9.17, 15) is 4.79 Å². The molecule has 22 heavy (non-hydrogen) atoms. The van der Waals surface area contributed by atoms with E-state index in [1.165, 1.54) is 24.3 Å². The third-order valence-electron chi connectivity index (χ3n) is 4.61. The molecule has 0 radical (unpaired) electrons. The predicted octanol–water partition coefficient (Wildman–Crippen LogP) is 1.40. The Morgan fingerprint density at radius 2 is 2.23 bits per heavy atom. The summed E-state index contributed by atoms with van der Waals surface area (Å²) in [5, 5.41) is 10.8.